The molecule has 0 bridgehead atoms. The van der Waals surface area contributed by atoms with Gasteiger partial charge in [0.25, 0.3) is 0 Å². The Bertz CT molecular complexity index is 2460. The maximum absolute atomic E-state index is 9.06. The molecule has 1 saturated carbocycles. The summed E-state index contributed by atoms with van der Waals surface area (Å²) >= 11 is 0. The van der Waals surface area contributed by atoms with Crippen LogP contribution in [0.5, 0.6) is 0 Å². The fourth-order valence-corrected chi connectivity index (χ4v) is 6.73. The zero-order valence-electron chi connectivity index (χ0n) is 34.9. The Morgan fingerprint density at radius 1 is 0.596 bits per heavy atom. The smallest absolute Gasteiger partial charge is 0.0352 e. The van der Waals surface area contributed by atoms with Crippen LogP contribution in [0.4, 0.5) is 0 Å². The van der Waals surface area contributed by atoms with Crippen LogP contribution >= 0.6 is 0 Å². The van der Waals surface area contributed by atoms with E-state index in [0.717, 1.165) is 63.2 Å². The number of nitrogens with zero attached hydrogens (tertiary/aromatic N) is 2. The van der Waals surface area contributed by atoms with Crippen molar-refractivity contribution in [2.75, 3.05) is 0 Å². The van der Waals surface area contributed by atoms with E-state index in [1.54, 1.807) is 24.5 Å². The van der Waals surface area contributed by atoms with Gasteiger partial charge in [0.05, 0.1) is 0 Å². The Labute approximate surface area is 330 Å². The first kappa shape index (κ1) is 28.6. The van der Waals surface area contributed by atoms with Crippen LogP contribution < -0.4 is 0 Å². The molecule has 4 atom stereocenters. The Morgan fingerprint density at radius 2 is 1.29 bits per heavy atom. The van der Waals surface area contributed by atoms with E-state index in [9.17, 15) is 0 Å². The summed E-state index contributed by atoms with van der Waals surface area (Å²) in [4.78, 5) is 9.09. The molecule has 1 aliphatic rings. The van der Waals surface area contributed by atoms with Gasteiger partial charge in [0.15, 0.2) is 0 Å². The monoisotopic (exact) mass is 857 g/mol. The summed E-state index contributed by atoms with van der Waals surface area (Å²) in [5, 5.41) is 0. The normalized spacial score (nSPS) is 24.2. The summed E-state index contributed by atoms with van der Waals surface area (Å²) in [6.45, 7) is 2.15. The molecule has 1 fully saturated rings. The second-order valence-corrected chi connectivity index (χ2v) is 12.9. The minimum Gasteiger partial charge on any atom is -0.305 e. The Kier molecular flexibility index (Phi) is 9.13. The van der Waals surface area contributed by atoms with Gasteiger partial charge in [-0.3, -0.25) is 0 Å². The number of aryl methyl sites for hydroxylation is 3. The zero-order chi connectivity index (χ0) is 39.7. The van der Waals surface area contributed by atoms with Crippen molar-refractivity contribution in [2.24, 2.45) is 0 Å². The van der Waals surface area contributed by atoms with Crippen molar-refractivity contribution >= 4 is 0 Å². The van der Waals surface area contributed by atoms with E-state index < -0.39 is 37.9 Å². The first-order valence-corrected chi connectivity index (χ1v) is 17.4. The molecule has 0 amide bonds. The van der Waals surface area contributed by atoms with E-state index in [-0.39, 0.29) is 20.1 Å². The van der Waals surface area contributed by atoms with Crippen LogP contribution in [0.25, 0.3) is 55.9 Å². The molecule has 0 N–H and O–H groups in total. The summed E-state index contributed by atoms with van der Waals surface area (Å²) in [6, 6.07) is 51.7. The number of hydrogen-bond donors (Lipinski definition) is 0. The van der Waals surface area contributed by atoms with E-state index in [1.165, 1.54) is 22.3 Å². The fraction of sp³-hybridized carbons (Fsp3) is 0.184. The molecule has 8 rings (SSSR count). The molecule has 2 aromatic heterocycles. The molecule has 52 heavy (non-hydrogen) atoms. The van der Waals surface area contributed by atoms with Gasteiger partial charge < -0.3 is 9.97 Å². The second kappa shape index (κ2) is 16.6. The molecule has 3 heteroatoms. The van der Waals surface area contributed by atoms with Crippen molar-refractivity contribution in [3.05, 3.63) is 180 Å². The van der Waals surface area contributed by atoms with Gasteiger partial charge in [0, 0.05) is 40.7 Å². The van der Waals surface area contributed by atoms with Gasteiger partial charge in [-0.15, -0.1) is 65.2 Å². The number of aromatic nitrogens is 2. The standard InChI is InChI=1S/C49H42N2.Ir/c1-35-31-37(15-14-36-16-18-42(19-17-36)48-13-7-8-29-50-48)33-45(32-35)47-12-6-5-11-46(47)41-24-26-43(27-25-41)49-34-44(28-30-51-49)40-22-20-39(21-23-40)38-9-3-2-4-10-38;/h5-8,11-13,16-18,20-26,28-34,38H,2-4,9-10,14-15H2,1H3;/q-2;/i2D,3D,4D,9D,10D,38D;. The number of hydrogen-bond acceptors (Lipinski definition) is 2. The topological polar surface area (TPSA) is 25.8 Å². The SMILES string of the molecule is [2H]C1C([2H])C([2H])C([2H])(c2ccc(-c3ccnc(-c4[c-]cc(-c5ccccc5-c5cc(C)cc(CCc6c[c-]c(-c7ccccn7)cc6)c5)cc4)c3)cc2)C([2H])C1[2H].[Ir]. The van der Waals surface area contributed by atoms with Crippen LogP contribution in [0, 0.1) is 19.1 Å². The summed E-state index contributed by atoms with van der Waals surface area (Å²) in [6.07, 6.45) is -0.796. The first-order valence-electron chi connectivity index (χ1n) is 20.8. The summed E-state index contributed by atoms with van der Waals surface area (Å²) in [7, 11) is 0. The van der Waals surface area contributed by atoms with Gasteiger partial charge >= 0.3 is 0 Å². The molecule has 0 saturated heterocycles. The van der Waals surface area contributed by atoms with Crippen molar-refractivity contribution in [3.8, 4) is 55.9 Å². The van der Waals surface area contributed by atoms with Gasteiger partial charge in [-0.2, -0.15) is 0 Å². The van der Waals surface area contributed by atoms with E-state index in [0.29, 0.717) is 5.56 Å². The number of pyridine rings is 2. The molecular formula is C49H42IrN2-2. The van der Waals surface area contributed by atoms with Crippen LogP contribution in [0.15, 0.2) is 146 Å². The van der Waals surface area contributed by atoms with Crippen LogP contribution in [-0.2, 0) is 32.9 Å². The van der Waals surface area contributed by atoms with Gasteiger partial charge in [-0.05, 0) is 88.9 Å². The zero-order valence-corrected chi connectivity index (χ0v) is 31.3. The van der Waals surface area contributed by atoms with Crippen LogP contribution in [0.2, 0.25) is 0 Å². The Morgan fingerprint density at radius 3 is 2.02 bits per heavy atom. The van der Waals surface area contributed by atoms with E-state index in [2.05, 4.69) is 95.8 Å². The molecule has 0 spiro atoms. The third-order valence-corrected chi connectivity index (χ3v) is 9.38. The summed E-state index contributed by atoms with van der Waals surface area (Å²) in [5.41, 5.74) is 14.0. The van der Waals surface area contributed by atoms with Crippen molar-refractivity contribution in [1.82, 2.24) is 9.97 Å². The molecule has 7 aromatic rings. The molecule has 1 radical (unpaired) electrons. The Balaban J connectivity index is 0.00000512. The van der Waals surface area contributed by atoms with Crippen molar-refractivity contribution in [3.63, 3.8) is 0 Å². The van der Waals surface area contributed by atoms with Gasteiger partial charge in [0.2, 0.25) is 0 Å². The summed E-state index contributed by atoms with van der Waals surface area (Å²) < 4.78 is 50.8. The second-order valence-electron chi connectivity index (χ2n) is 12.9. The average molecular weight is 857 g/mol. The predicted molar refractivity (Wildman–Crippen MR) is 211 cm³/mol. The quantitative estimate of drug-likeness (QED) is 0.135. The minimum atomic E-state index is -1.76. The molecular weight excluding hydrogens is 809 g/mol. The van der Waals surface area contributed by atoms with E-state index in [1.807, 2.05) is 54.6 Å². The van der Waals surface area contributed by atoms with Crippen LogP contribution in [0.3, 0.4) is 0 Å². The maximum atomic E-state index is 9.06. The predicted octanol–water partition coefficient (Wildman–Crippen LogP) is 12.6. The van der Waals surface area contributed by atoms with Gasteiger partial charge in [-0.1, -0.05) is 127 Å². The van der Waals surface area contributed by atoms with E-state index in [4.69, 9.17) is 8.22 Å². The first-order chi connectivity index (χ1) is 27.6. The number of benzene rings is 5. The summed E-state index contributed by atoms with van der Waals surface area (Å²) in [5.74, 6) is -1.76. The third kappa shape index (κ3) is 8.23. The average Bonchev–Trinajstić information content (AvgIpc) is 3.27. The third-order valence-electron chi connectivity index (χ3n) is 9.38. The number of rotatable bonds is 9. The van der Waals surface area contributed by atoms with Crippen molar-refractivity contribution in [2.45, 2.75) is 57.6 Å². The minimum absolute atomic E-state index is 0. The molecule has 4 unspecified atom stereocenters. The fourth-order valence-electron chi connectivity index (χ4n) is 6.73. The van der Waals surface area contributed by atoms with Crippen molar-refractivity contribution < 1.29 is 28.3 Å². The molecule has 5 aromatic carbocycles. The largest absolute Gasteiger partial charge is 0.305 e. The molecule has 0 aliphatic heterocycles. The van der Waals surface area contributed by atoms with Gasteiger partial charge in [-0.25, -0.2) is 0 Å². The van der Waals surface area contributed by atoms with Crippen molar-refractivity contribution in [1.29, 1.82) is 0 Å². The molecule has 1 aliphatic carbocycles. The molecule has 2 nitrogen and oxygen atoms in total. The van der Waals surface area contributed by atoms with Gasteiger partial charge in [0.1, 0.15) is 0 Å². The van der Waals surface area contributed by atoms with Crippen LogP contribution in [-0.4, -0.2) is 9.97 Å². The maximum Gasteiger partial charge on any atom is 0.0352 e. The molecule has 2 heterocycles. The van der Waals surface area contributed by atoms with Crippen LogP contribution in [0.1, 0.15) is 68.4 Å². The Hall–Kier alpha value is -4.95. The van der Waals surface area contributed by atoms with E-state index >= 15 is 0 Å². The molecule has 259 valence electrons.